The van der Waals surface area contributed by atoms with Crippen LogP contribution in [-0.4, -0.2) is 20.1 Å². The molecule has 0 fully saturated rings. The molecule has 0 radical (unpaired) electrons. The zero-order valence-corrected chi connectivity index (χ0v) is 12.4. The summed E-state index contributed by atoms with van der Waals surface area (Å²) in [5.41, 5.74) is 4.07. The van der Waals surface area contributed by atoms with Crippen LogP contribution in [0.15, 0.2) is 6.07 Å². The molecule has 0 saturated carbocycles. The van der Waals surface area contributed by atoms with E-state index in [-0.39, 0.29) is 5.91 Å². The van der Waals surface area contributed by atoms with Gasteiger partial charge in [0.05, 0.1) is 19.6 Å². The Morgan fingerprint density at radius 3 is 2.21 bits per heavy atom. The fourth-order valence-corrected chi connectivity index (χ4v) is 2.10. The number of nitrogens with two attached hydrogens (primary N) is 1. The maximum absolute atomic E-state index is 12.0. The summed E-state index contributed by atoms with van der Waals surface area (Å²) in [4.78, 5) is 12.0. The van der Waals surface area contributed by atoms with Crippen LogP contribution in [0.5, 0.6) is 11.5 Å². The van der Waals surface area contributed by atoms with Crippen LogP contribution in [0.4, 0.5) is 0 Å². The first kappa shape index (κ1) is 15.3. The summed E-state index contributed by atoms with van der Waals surface area (Å²) in [7, 11) is 3.20. The lowest BCUT2D eigenvalue weighted by molar-refractivity contribution is -0.125. The number of methoxy groups -OCH3 is 2. The van der Waals surface area contributed by atoms with E-state index in [1.807, 2.05) is 19.9 Å². The van der Waals surface area contributed by atoms with Crippen molar-refractivity contribution in [2.24, 2.45) is 5.84 Å². The van der Waals surface area contributed by atoms with Crippen LogP contribution < -0.4 is 20.7 Å². The average molecular weight is 266 g/mol. The molecule has 106 valence electrons. The van der Waals surface area contributed by atoms with Gasteiger partial charge in [-0.15, -0.1) is 0 Å². The zero-order valence-electron chi connectivity index (χ0n) is 12.4. The van der Waals surface area contributed by atoms with E-state index in [2.05, 4.69) is 5.43 Å². The van der Waals surface area contributed by atoms with E-state index in [0.29, 0.717) is 5.75 Å². The van der Waals surface area contributed by atoms with Gasteiger partial charge in [-0.1, -0.05) is 0 Å². The maximum atomic E-state index is 12.0. The molecule has 0 heterocycles. The fraction of sp³-hybridized carbons (Fsp3) is 0.500. The van der Waals surface area contributed by atoms with Crippen LogP contribution in [0.2, 0.25) is 0 Å². The van der Waals surface area contributed by atoms with Crippen molar-refractivity contribution in [3.05, 3.63) is 22.8 Å². The summed E-state index contributed by atoms with van der Waals surface area (Å²) in [6.07, 6.45) is 0. The van der Waals surface area contributed by atoms with Gasteiger partial charge in [0.15, 0.2) is 0 Å². The molecular formula is C14H22N2O3. The number of rotatable bonds is 4. The number of hydrazine groups is 1. The Labute approximate surface area is 114 Å². The van der Waals surface area contributed by atoms with E-state index >= 15 is 0 Å². The predicted octanol–water partition coefficient (Wildman–Crippen LogP) is 1.59. The zero-order chi connectivity index (χ0) is 14.8. The minimum atomic E-state index is -0.814. The molecular weight excluding hydrogens is 244 g/mol. The number of amides is 1. The molecule has 1 amide bonds. The molecule has 0 unspecified atom stereocenters. The first-order chi connectivity index (χ1) is 8.81. The molecule has 0 saturated heterocycles. The third kappa shape index (κ3) is 2.51. The summed E-state index contributed by atoms with van der Waals surface area (Å²) in [5, 5.41) is 0. The van der Waals surface area contributed by atoms with Gasteiger partial charge in [-0.05, 0) is 44.9 Å². The first-order valence-corrected chi connectivity index (χ1v) is 6.04. The second kappa shape index (κ2) is 5.48. The van der Waals surface area contributed by atoms with Crippen LogP contribution in [0.3, 0.4) is 0 Å². The van der Waals surface area contributed by atoms with E-state index in [4.69, 9.17) is 15.3 Å². The minimum absolute atomic E-state index is 0.281. The van der Waals surface area contributed by atoms with Gasteiger partial charge in [0.2, 0.25) is 5.91 Å². The highest BCUT2D eigenvalue weighted by molar-refractivity contribution is 5.88. The van der Waals surface area contributed by atoms with Crippen molar-refractivity contribution in [2.45, 2.75) is 33.1 Å². The molecule has 0 aliphatic heterocycles. The number of carbonyl (C=O) groups excluding carboxylic acids is 1. The standard InChI is InChI=1S/C14H22N2O3/c1-8-9(2)12(19-6)10(7-11(8)18-5)14(3,4)13(17)16-15/h7H,15H2,1-6H3,(H,16,17). The number of hydrogen-bond donors (Lipinski definition) is 2. The van der Waals surface area contributed by atoms with Crippen LogP contribution in [0.1, 0.15) is 30.5 Å². The van der Waals surface area contributed by atoms with Gasteiger partial charge in [0.25, 0.3) is 0 Å². The summed E-state index contributed by atoms with van der Waals surface area (Å²) < 4.78 is 10.8. The van der Waals surface area contributed by atoms with Gasteiger partial charge < -0.3 is 9.47 Å². The third-order valence-corrected chi connectivity index (χ3v) is 3.59. The second-order valence-electron chi connectivity index (χ2n) is 5.01. The van der Waals surface area contributed by atoms with Crippen molar-refractivity contribution in [3.63, 3.8) is 0 Å². The van der Waals surface area contributed by atoms with Crippen molar-refractivity contribution >= 4 is 5.91 Å². The highest BCUT2D eigenvalue weighted by Crippen LogP contribution is 2.39. The van der Waals surface area contributed by atoms with E-state index in [0.717, 1.165) is 22.4 Å². The Hall–Kier alpha value is -1.75. The van der Waals surface area contributed by atoms with Gasteiger partial charge in [0.1, 0.15) is 11.5 Å². The Morgan fingerprint density at radius 1 is 1.21 bits per heavy atom. The minimum Gasteiger partial charge on any atom is -0.496 e. The molecule has 0 aliphatic rings. The van der Waals surface area contributed by atoms with Crippen LogP contribution >= 0.6 is 0 Å². The summed E-state index contributed by atoms with van der Waals surface area (Å²) in [6.45, 7) is 7.48. The highest BCUT2D eigenvalue weighted by atomic mass is 16.5. The number of benzene rings is 1. The van der Waals surface area contributed by atoms with Crippen LogP contribution in [0, 0.1) is 13.8 Å². The predicted molar refractivity (Wildman–Crippen MR) is 74.4 cm³/mol. The number of ether oxygens (including phenoxy) is 2. The maximum Gasteiger partial charge on any atom is 0.244 e. The van der Waals surface area contributed by atoms with Gasteiger partial charge in [0, 0.05) is 5.56 Å². The van der Waals surface area contributed by atoms with Crippen molar-refractivity contribution < 1.29 is 14.3 Å². The van der Waals surface area contributed by atoms with Gasteiger partial charge >= 0.3 is 0 Å². The molecule has 0 atom stereocenters. The largest absolute Gasteiger partial charge is 0.496 e. The number of nitrogens with one attached hydrogen (secondary N) is 1. The topological polar surface area (TPSA) is 73.6 Å². The van der Waals surface area contributed by atoms with Crippen molar-refractivity contribution in [3.8, 4) is 11.5 Å². The summed E-state index contributed by atoms with van der Waals surface area (Å²) >= 11 is 0. The molecule has 1 rings (SSSR count). The quantitative estimate of drug-likeness (QED) is 0.493. The fourth-order valence-electron chi connectivity index (χ4n) is 2.10. The van der Waals surface area contributed by atoms with E-state index in [9.17, 15) is 4.79 Å². The van der Waals surface area contributed by atoms with Gasteiger partial charge in [-0.2, -0.15) is 0 Å². The highest BCUT2D eigenvalue weighted by Gasteiger charge is 2.34. The molecule has 0 bridgehead atoms. The van der Waals surface area contributed by atoms with Crippen molar-refractivity contribution in [2.75, 3.05) is 14.2 Å². The lowest BCUT2D eigenvalue weighted by Crippen LogP contribution is -2.43. The molecule has 1 aromatic rings. The average Bonchev–Trinajstić information content (AvgIpc) is 2.40. The Kier molecular flexibility index (Phi) is 4.42. The second-order valence-corrected chi connectivity index (χ2v) is 5.01. The number of hydrogen-bond acceptors (Lipinski definition) is 4. The Morgan fingerprint density at radius 2 is 1.79 bits per heavy atom. The lowest BCUT2D eigenvalue weighted by atomic mass is 9.81. The monoisotopic (exact) mass is 266 g/mol. The Balaban J connectivity index is 3.58. The smallest absolute Gasteiger partial charge is 0.244 e. The van der Waals surface area contributed by atoms with Crippen molar-refractivity contribution in [1.29, 1.82) is 0 Å². The molecule has 0 aliphatic carbocycles. The molecule has 5 heteroatoms. The normalized spacial score (nSPS) is 11.1. The van der Waals surface area contributed by atoms with Gasteiger partial charge in [-0.25, -0.2) is 5.84 Å². The lowest BCUT2D eigenvalue weighted by Gasteiger charge is -2.27. The van der Waals surface area contributed by atoms with Crippen molar-refractivity contribution in [1.82, 2.24) is 5.43 Å². The van der Waals surface area contributed by atoms with E-state index < -0.39 is 5.41 Å². The molecule has 3 N–H and O–H groups in total. The van der Waals surface area contributed by atoms with Crippen LogP contribution in [0.25, 0.3) is 0 Å². The molecule has 0 aromatic heterocycles. The SMILES string of the molecule is COc1cc(C(C)(C)C(=O)NN)c(OC)c(C)c1C. The molecule has 19 heavy (non-hydrogen) atoms. The summed E-state index contributed by atoms with van der Waals surface area (Å²) in [6, 6.07) is 1.83. The Bertz CT molecular complexity index is 496. The van der Waals surface area contributed by atoms with E-state index in [1.165, 1.54) is 0 Å². The number of carbonyl (C=O) groups is 1. The van der Waals surface area contributed by atoms with Crippen LogP contribution in [-0.2, 0) is 10.2 Å². The van der Waals surface area contributed by atoms with Gasteiger partial charge in [-0.3, -0.25) is 10.2 Å². The third-order valence-electron chi connectivity index (χ3n) is 3.59. The first-order valence-electron chi connectivity index (χ1n) is 6.04. The summed E-state index contributed by atoms with van der Waals surface area (Å²) in [5.74, 6) is 6.39. The molecule has 1 aromatic carbocycles. The molecule has 0 spiro atoms. The molecule has 5 nitrogen and oxygen atoms in total. The van der Waals surface area contributed by atoms with E-state index in [1.54, 1.807) is 28.1 Å².